The predicted octanol–water partition coefficient (Wildman–Crippen LogP) is 2.50. The molecule has 2 atom stereocenters. The maximum atomic E-state index is 12.8. The number of piperidine rings is 1. The van der Waals surface area contributed by atoms with E-state index in [2.05, 4.69) is 24.8 Å². The van der Waals surface area contributed by atoms with Crippen molar-refractivity contribution in [3.8, 4) is 0 Å². The van der Waals surface area contributed by atoms with Crippen LogP contribution in [0.4, 0.5) is 0 Å². The van der Waals surface area contributed by atoms with Crippen LogP contribution in [0.5, 0.6) is 0 Å². The Morgan fingerprint density at radius 1 is 1.04 bits per heavy atom. The molecule has 3 aliphatic rings. The Kier molecular flexibility index (Phi) is 5.55. The van der Waals surface area contributed by atoms with E-state index in [4.69, 9.17) is 0 Å². The molecule has 1 aromatic heterocycles. The smallest absolute Gasteiger partial charge is 0.264 e. The molecule has 148 valence electrons. The summed E-state index contributed by atoms with van der Waals surface area (Å²) in [5, 5.41) is 0. The van der Waals surface area contributed by atoms with Crippen LogP contribution in [0, 0.1) is 11.8 Å². The summed E-state index contributed by atoms with van der Waals surface area (Å²) in [6, 6.07) is 2.12. The number of carbonyl (C=O) groups is 2. The van der Waals surface area contributed by atoms with Crippen molar-refractivity contribution in [3.05, 3.63) is 21.4 Å². The average Bonchev–Trinajstić information content (AvgIpc) is 3.23. The van der Waals surface area contributed by atoms with Crippen LogP contribution < -0.4 is 0 Å². The lowest BCUT2D eigenvalue weighted by molar-refractivity contribution is -0.135. The van der Waals surface area contributed by atoms with Gasteiger partial charge in [0.25, 0.3) is 5.91 Å². The van der Waals surface area contributed by atoms with E-state index >= 15 is 0 Å². The lowest BCUT2D eigenvalue weighted by Gasteiger charge is -2.38. The molecule has 5 nitrogen and oxygen atoms in total. The molecule has 0 saturated carbocycles. The second-order valence-corrected chi connectivity index (χ2v) is 9.86. The minimum atomic E-state index is 0.180. The van der Waals surface area contributed by atoms with Crippen molar-refractivity contribution in [2.45, 2.75) is 39.5 Å². The van der Waals surface area contributed by atoms with E-state index < -0.39 is 0 Å². The van der Waals surface area contributed by atoms with Crippen LogP contribution in [-0.4, -0.2) is 72.3 Å². The molecule has 0 unspecified atom stereocenters. The number of aryl methyl sites for hydroxylation is 2. The Hall–Kier alpha value is -1.40. The fourth-order valence-corrected chi connectivity index (χ4v) is 6.08. The van der Waals surface area contributed by atoms with Crippen molar-refractivity contribution in [1.29, 1.82) is 0 Å². The molecule has 2 fully saturated rings. The van der Waals surface area contributed by atoms with Gasteiger partial charge in [-0.15, -0.1) is 11.3 Å². The van der Waals surface area contributed by atoms with Crippen LogP contribution in [0.15, 0.2) is 6.07 Å². The first-order valence-electron chi connectivity index (χ1n) is 10.4. The molecule has 0 bridgehead atoms. The molecule has 27 heavy (non-hydrogen) atoms. The minimum Gasteiger partial charge on any atom is -0.341 e. The summed E-state index contributed by atoms with van der Waals surface area (Å²) < 4.78 is 0. The van der Waals surface area contributed by atoms with Crippen molar-refractivity contribution in [3.63, 3.8) is 0 Å². The predicted molar refractivity (Wildman–Crippen MR) is 108 cm³/mol. The Balaban J connectivity index is 1.27. The molecular weight excluding hydrogens is 358 g/mol. The van der Waals surface area contributed by atoms with Crippen LogP contribution in [0.1, 0.15) is 46.8 Å². The van der Waals surface area contributed by atoms with Gasteiger partial charge in [-0.05, 0) is 49.1 Å². The lowest BCUT2D eigenvalue weighted by Crippen LogP contribution is -2.52. The fourth-order valence-electron chi connectivity index (χ4n) is 4.86. The fraction of sp³-hybridized carbons (Fsp3) is 0.714. The number of hydrogen-bond acceptors (Lipinski definition) is 4. The highest BCUT2D eigenvalue weighted by Gasteiger charge is 2.29. The van der Waals surface area contributed by atoms with Gasteiger partial charge in [0.05, 0.1) is 11.4 Å². The number of nitrogens with zero attached hydrogens (tertiary/aromatic N) is 3. The highest BCUT2D eigenvalue weighted by atomic mass is 32.1. The number of thiophene rings is 1. The largest absolute Gasteiger partial charge is 0.341 e. The van der Waals surface area contributed by atoms with Gasteiger partial charge in [-0.3, -0.25) is 14.5 Å². The molecule has 2 amide bonds. The molecule has 1 aromatic rings. The van der Waals surface area contributed by atoms with E-state index in [1.165, 1.54) is 23.3 Å². The second kappa shape index (κ2) is 7.92. The zero-order valence-corrected chi connectivity index (χ0v) is 17.4. The minimum absolute atomic E-state index is 0.180. The number of amides is 2. The number of piperazine rings is 1. The Morgan fingerprint density at radius 2 is 1.74 bits per heavy atom. The van der Waals surface area contributed by atoms with Gasteiger partial charge in [-0.1, -0.05) is 13.8 Å². The van der Waals surface area contributed by atoms with Gasteiger partial charge in [0.15, 0.2) is 0 Å². The molecule has 2 aliphatic heterocycles. The van der Waals surface area contributed by atoms with Crippen molar-refractivity contribution in [1.82, 2.24) is 14.7 Å². The first-order valence-corrected chi connectivity index (χ1v) is 11.2. The summed E-state index contributed by atoms with van der Waals surface area (Å²) in [4.78, 5) is 34.0. The number of carbonyl (C=O) groups excluding carboxylic acids is 2. The first kappa shape index (κ1) is 18.9. The molecule has 6 heteroatoms. The van der Waals surface area contributed by atoms with Crippen LogP contribution in [0.3, 0.4) is 0 Å². The standard InChI is InChI=1S/C21H31N3O2S/c1-15-10-16(2)13-24(12-15)20(25)14-22-6-8-23(9-7-22)21(26)19-11-17-4-3-5-18(17)27-19/h11,15-16H,3-10,12-14H2,1-2H3/t15-,16+. The van der Waals surface area contributed by atoms with Crippen LogP contribution in [0.25, 0.3) is 0 Å². The molecule has 0 spiro atoms. The van der Waals surface area contributed by atoms with Crippen LogP contribution >= 0.6 is 11.3 Å². The molecule has 1 aliphatic carbocycles. The summed E-state index contributed by atoms with van der Waals surface area (Å²) >= 11 is 1.69. The summed E-state index contributed by atoms with van der Waals surface area (Å²) in [6.07, 6.45) is 4.72. The third kappa shape index (κ3) is 4.21. The molecule has 4 rings (SSSR count). The lowest BCUT2D eigenvalue weighted by atomic mass is 9.92. The van der Waals surface area contributed by atoms with E-state index in [0.717, 1.165) is 57.0 Å². The van der Waals surface area contributed by atoms with Crippen molar-refractivity contribution in [2.75, 3.05) is 45.8 Å². The summed E-state index contributed by atoms with van der Waals surface area (Å²) in [7, 11) is 0. The van der Waals surface area contributed by atoms with Gasteiger partial charge >= 0.3 is 0 Å². The van der Waals surface area contributed by atoms with Gasteiger partial charge in [-0.25, -0.2) is 0 Å². The van der Waals surface area contributed by atoms with Gasteiger partial charge in [0, 0.05) is 44.1 Å². The van der Waals surface area contributed by atoms with Gasteiger partial charge in [-0.2, -0.15) is 0 Å². The molecule has 0 radical (unpaired) electrons. The summed E-state index contributed by atoms with van der Waals surface area (Å²) in [5.74, 6) is 1.63. The van der Waals surface area contributed by atoms with E-state index in [9.17, 15) is 9.59 Å². The van der Waals surface area contributed by atoms with Crippen molar-refractivity contribution < 1.29 is 9.59 Å². The van der Waals surface area contributed by atoms with Crippen molar-refractivity contribution in [2.24, 2.45) is 11.8 Å². The normalized spacial score (nSPS) is 26.3. The number of hydrogen-bond donors (Lipinski definition) is 0. The van der Waals surface area contributed by atoms with Crippen LogP contribution in [-0.2, 0) is 17.6 Å². The molecule has 3 heterocycles. The SMILES string of the molecule is C[C@@H]1C[C@H](C)CN(C(=O)CN2CCN(C(=O)c3cc4c(s3)CCC4)CC2)C1. The third-order valence-electron chi connectivity index (χ3n) is 6.20. The highest BCUT2D eigenvalue weighted by Crippen LogP contribution is 2.31. The number of likely N-dealkylation sites (tertiary alicyclic amines) is 1. The van der Waals surface area contributed by atoms with E-state index in [-0.39, 0.29) is 11.8 Å². The van der Waals surface area contributed by atoms with E-state index in [0.29, 0.717) is 18.4 Å². The first-order chi connectivity index (χ1) is 13.0. The van der Waals surface area contributed by atoms with Gasteiger partial charge < -0.3 is 9.80 Å². The van der Waals surface area contributed by atoms with Crippen molar-refractivity contribution >= 4 is 23.2 Å². The number of fused-ring (bicyclic) bond motifs is 1. The monoisotopic (exact) mass is 389 g/mol. The Labute approximate surface area is 166 Å². The van der Waals surface area contributed by atoms with Gasteiger partial charge in [0.1, 0.15) is 0 Å². The highest BCUT2D eigenvalue weighted by molar-refractivity contribution is 7.14. The summed E-state index contributed by atoms with van der Waals surface area (Å²) in [5.41, 5.74) is 1.39. The summed E-state index contributed by atoms with van der Waals surface area (Å²) in [6.45, 7) is 9.79. The number of rotatable bonds is 3. The Morgan fingerprint density at radius 3 is 2.41 bits per heavy atom. The molecule has 0 aromatic carbocycles. The maximum Gasteiger partial charge on any atom is 0.264 e. The zero-order chi connectivity index (χ0) is 19.0. The maximum absolute atomic E-state index is 12.8. The Bertz CT molecular complexity index is 677. The second-order valence-electron chi connectivity index (χ2n) is 8.73. The topological polar surface area (TPSA) is 43.9 Å². The average molecular weight is 390 g/mol. The van der Waals surface area contributed by atoms with Gasteiger partial charge in [0.2, 0.25) is 5.91 Å². The quantitative estimate of drug-likeness (QED) is 0.798. The van der Waals surface area contributed by atoms with E-state index in [1.54, 1.807) is 11.3 Å². The van der Waals surface area contributed by atoms with E-state index in [1.807, 2.05) is 9.80 Å². The molecule has 2 saturated heterocycles. The third-order valence-corrected chi connectivity index (χ3v) is 7.42. The van der Waals surface area contributed by atoms with Crippen LogP contribution in [0.2, 0.25) is 0 Å². The molecule has 0 N–H and O–H groups in total. The molecular formula is C21H31N3O2S. The zero-order valence-electron chi connectivity index (χ0n) is 16.6.